The molecule has 0 atom stereocenters. The molecule has 3 rings (SSSR count). The van der Waals surface area contributed by atoms with Crippen molar-refractivity contribution in [3.8, 4) is 5.69 Å². The molecule has 0 spiro atoms. The molecular formula is C17H23N3O. The highest BCUT2D eigenvalue weighted by atomic mass is 16.1. The lowest BCUT2D eigenvalue weighted by molar-refractivity contribution is 0.513. The van der Waals surface area contributed by atoms with Gasteiger partial charge in [-0.25, -0.2) is 4.68 Å². The quantitative estimate of drug-likeness (QED) is 0.938. The van der Waals surface area contributed by atoms with Gasteiger partial charge in [0, 0.05) is 12.5 Å². The first-order chi connectivity index (χ1) is 10.0. The Morgan fingerprint density at radius 1 is 1.29 bits per heavy atom. The molecule has 1 aliphatic rings. The smallest absolute Gasteiger partial charge is 0.294 e. The van der Waals surface area contributed by atoms with Gasteiger partial charge in [0.15, 0.2) is 0 Å². The van der Waals surface area contributed by atoms with E-state index >= 15 is 0 Å². The van der Waals surface area contributed by atoms with E-state index in [1.807, 2.05) is 19.1 Å². The van der Waals surface area contributed by atoms with Crippen molar-refractivity contribution < 1.29 is 0 Å². The number of hydrogen-bond acceptors (Lipinski definition) is 2. The standard InChI is InChI=1S/C17H23N3O/c1-4-9-19-16(13-6-7-13)15(18)17(21)20(19)14-8-5-11(2)10-12(14)3/h5,8,10,13H,4,6-7,9,18H2,1-3H3. The zero-order valence-electron chi connectivity index (χ0n) is 13.0. The molecule has 1 saturated carbocycles. The maximum absolute atomic E-state index is 12.7. The second-order valence-electron chi connectivity index (χ2n) is 6.10. The van der Waals surface area contributed by atoms with Gasteiger partial charge in [-0.3, -0.25) is 9.48 Å². The fourth-order valence-corrected chi connectivity index (χ4v) is 3.08. The number of aryl methyl sites for hydroxylation is 2. The molecule has 0 aliphatic heterocycles. The fourth-order valence-electron chi connectivity index (χ4n) is 3.08. The van der Waals surface area contributed by atoms with E-state index in [0.717, 1.165) is 42.8 Å². The Morgan fingerprint density at radius 2 is 2.00 bits per heavy atom. The molecule has 4 heteroatoms. The van der Waals surface area contributed by atoms with Crippen LogP contribution in [0.15, 0.2) is 23.0 Å². The Kier molecular flexibility index (Phi) is 3.40. The topological polar surface area (TPSA) is 52.9 Å². The number of hydrogen-bond donors (Lipinski definition) is 1. The normalized spacial score (nSPS) is 14.6. The predicted molar refractivity (Wildman–Crippen MR) is 86.2 cm³/mol. The third-order valence-corrected chi connectivity index (χ3v) is 4.20. The molecule has 0 radical (unpaired) electrons. The molecular weight excluding hydrogens is 262 g/mol. The lowest BCUT2D eigenvalue weighted by Gasteiger charge is -2.16. The number of nitrogens with two attached hydrogens (primary N) is 1. The van der Waals surface area contributed by atoms with E-state index in [1.54, 1.807) is 4.68 Å². The Morgan fingerprint density at radius 3 is 2.57 bits per heavy atom. The van der Waals surface area contributed by atoms with Gasteiger partial charge in [0.2, 0.25) is 0 Å². The number of anilines is 1. The maximum Gasteiger partial charge on any atom is 0.294 e. The minimum absolute atomic E-state index is 0.0719. The Hall–Kier alpha value is -1.97. The van der Waals surface area contributed by atoms with Gasteiger partial charge in [0.05, 0.1) is 11.4 Å². The van der Waals surface area contributed by atoms with Crippen LogP contribution < -0.4 is 11.3 Å². The summed E-state index contributed by atoms with van der Waals surface area (Å²) in [5, 5.41) is 0. The van der Waals surface area contributed by atoms with E-state index in [1.165, 1.54) is 5.56 Å². The van der Waals surface area contributed by atoms with Crippen LogP contribution in [0.1, 0.15) is 48.9 Å². The second-order valence-corrected chi connectivity index (χ2v) is 6.10. The molecule has 2 aromatic rings. The Bertz CT molecular complexity index is 735. The zero-order valence-corrected chi connectivity index (χ0v) is 13.0. The molecule has 112 valence electrons. The summed E-state index contributed by atoms with van der Waals surface area (Å²) in [5.74, 6) is 0.469. The van der Waals surface area contributed by atoms with Crippen LogP contribution in [0.2, 0.25) is 0 Å². The lowest BCUT2D eigenvalue weighted by Crippen LogP contribution is -2.23. The molecule has 0 bridgehead atoms. The van der Waals surface area contributed by atoms with E-state index in [4.69, 9.17) is 5.73 Å². The summed E-state index contributed by atoms with van der Waals surface area (Å²) in [7, 11) is 0. The molecule has 0 amide bonds. The number of aromatic nitrogens is 2. The molecule has 21 heavy (non-hydrogen) atoms. The highest BCUT2D eigenvalue weighted by Gasteiger charge is 2.32. The predicted octanol–water partition coefficient (Wildman–Crippen LogP) is 3.13. The summed E-state index contributed by atoms with van der Waals surface area (Å²) >= 11 is 0. The lowest BCUT2D eigenvalue weighted by atomic mass is 10.1. The molecule has 1 aliphatic carbocycles. The van der Waals surface area contributed by atoms with Gasteiger partial charge in [-0.2, -0.15) is 0 Å². The molecule has 2 N–H and O–H groups in total. The van der Waals surface area contributed by atoms with E-state index in [2.05, 4.69) is 24.6 Å². The van der Waals surface area contributed by atoms with E-state index in [-0.39, 0.29) is 5.56 Å². The first-order valence-corrected chi connectivity index (χ1v) is 7.73. The Balaban J connectivity index is 2.26. The number of nitrogen functional groups attached to an aromatic ring is 1. The van der Waals surface area contributed by atoms with E-state index in [9.17, 15) is 4.79 Å². The van der Waals surface area contributed by atoms with Gasteiger partial charge < -0.3 is 5.73 Å². The molecule has 4 nitrogen and oxygen atoms in total. The van der Waals surface area contributed by atoms with Gasteiger partial charge >= 0.3 is 0 Å². The summed E-state index contributed by atoms with van der Waals surface area (Å²) in [6.07, 6.45) is 3.27. The van der Waals surface area contributed by atoms with Crippen molar-refractivity contribution in [2.45, 2.75) is 52.5 Å². The summed E-state index contributed by atoms with van der Waals surface area (Å²) in [6, 6.07) is 6.18. The van der Waals surface area contributed by atoms with Crippen molar-refractivity contribution >= 4 is 5.69 Å². The molecule has 1 fully saturated rings. The average molecular weight is 285 g/mol. The van der Waals surface area contributed by atoms with Crippen LogP contribution in [-0.2, 0) is 6.54 Å². The maximum atomic E-state index is 12.7. The number of benzene rings is 1. The monoisotopic (exact) mass is 285 g/mol. The van der Waals surface area contributed by atoms with Crippen molar-refractivity contribution in [1.82, 2.24) is 9.36 Å². The van der Waals surface area contributed by atoms with Crippen molar-refractivity contribution in [1.29, 1.82) is 0 Å². The molecule has 1 aromatic heterocycles. The first-order valence-electron chi connectivity index (χ1n) is 7.73. The second kappa shape index (κ2) is 5.10. The van der Waals surface area contributed by atoms with Crippen LogP contribution in [-0.4, -0.2) is 9.36 Å². The van der Waals surface area contributed by atoms with Crippen molar-refractivity contribution in [3.05, 3.63) is 45.4 Å². The van der Waals surface area contributed by atoms with Crippen LogP contribution in [0, 0.1) is 13.8 Å². The highest BCUT2D eigenvalue weighted by Crippen LogP contribution is 2.42. The average Bonchev–Trinajstić information content (AvgIpc) is 3.22. The third-order valence-electron chi connectivity index (χ3n) is 4.20. The first kappa shape index (κ1) is 14.0. The third kappa shape index (κ3) is 2.28. The van der Waals surface area contributed by atoms with Crippen molar-refractivity contribution in [2.24, 2.45) is 0 Å². The molecule has 0 unspecified atom stereocenters. The van der Waals surface area contributed by atoms with Crippen molar-refractivity contribution in [2.75, 3.05) is 5.73 Å². The van der Waals surface area contributed by atoms with Gasteiger partial charge in [0.25, 0.3) is 5.56 Å². The highest BCUT2D eigenvalue weighted by molar-refractivity contribution is 5.50. The van der Waals surface area contributed by atoms with Crippen LogP contribution in [0.25, 0.3) is 5.69 Å². The minimum atomic E-state index is -0.0719. The van der Waals surface area contributed by atoms with Crippen LogP contribution in [0.3, 0.4) is 0 Å². The van der Waals surface area contributed by atoms with Crippen LogP contribution in [0.4, 0.5) is 5.69 Å². The van der Waals surface area contributed by atoms with Gasteiger partial charge in [-0.05, 0) is 44.7 Å². The summed E-state index contributed by atoms with van der Waals surface area (Å²) < 4.78 is 3.88. The van der Waals surface area contributed by atoms with Gasteiger partial charge in [-0.1, -0.05) is 24.6 Å². The Labute approximate surface area is 125 Å². The van der Waals surface area contributed by atoms with Crippen LogP contribution in [0.5, 0.6) is 0 Å². The number of nitrogens with zero attached hydrogens (tertiary/aromatic N) is 2. The molecule has 1 aromatic carbocycles. The molecule has 1 heterocycles. The molecule has 0 saturated heterocycles. The largest absolute Gasteiger partial charge is 0.393 e. The summed E-state index contributed by atoms with van der Waals surface area (Å²) in [5.41, 5.74) is 10.8. The minimum Gasteiger partial charge on any atom is -0.393 e. The summed E-state index contributed by atoms with van der Waals surface area (Å²) in [6.45, 7) is 7.06. The zero-order chi connectivity index (χ0) is 15.1. The summed E-state index contributed by atoms with van der Waals surface area (Å²) in [4.78, 5) is 12.7. The van der Waals surface area contributed by atoms with Crippen LogP contribution >= 0.6 is 0 Å². The van der Waals surface area contributed by atoms with E-state index < -0.39 is 0 Å². The van der Waals surface area contributed by atoms with E-state index in [0.29, 0.717) is 11.6 Å². The fraction of sp³-hybridized carbons (Fsp3) is 0.471. The SMILES string of the molecule is CCCn1c(C2CC2)c(N)c(=O)n1-c1ccc(C)cc1C. The number of rotatable bonds is 4. The van der Waals surface area contributed by atoms with Gasteiger partial charge in [-0.15, -0.1) is 0 Å². The van der Waals surface area contributed by atoms with Crippen molar-refractivity contribution in [3.63, 3.8) is 0 Å². The van der Waals surface area contributed by atoms with Gasteiger partial charge in [0.1, 0.15) is 5.69 Å².